The predicted molar refractivity (Wildman–Crippen MR) is 94.9 cm³/mol. The fourth-order valence-corrected chi connectivity index (χ4v) is 4.08. The van der Waals surface area contributed by atoms with Gasteiger partial charge < -0.3 is 19.1 Å². The first-order valence-electron chi connectivity index (χ1n) is 8.66. The number of amides is 1. The van der Waals surface area contributed by atoms with E-state index in [1.807, 2.05) is 5.38 Å². The van der Waals surface area contributed by atoms with Gasteiger partial charge in [0, 0.05) is 17.7 Å². The first-order valence-corrected chi connectivity index (χ1v) is 9.54. The number of fused-ring (bicyclic) bond motifs is 1. The van der Waals surface area contributed by atoms with E-state index in [2.05, 4.69) is 0 Å². The highest BCUT2D eigenvalue weighted by molar-refractivity contribution is 7.12. The van der Waals surface area contributed by atoms with E-state index in [1.165, 1.54) is 23.5 Å². The van der Waals surface area contributed by atoms with E-state index in [1.54, 1.807) is 17.0 Å². The Kier molecular flexibility index (Phi) is 5.09. The van der Waals surface area contributed by atoms with Gasteiger partial charge in [0.05, 0.1) is 11.5 Å². The zero-order chi connectivity index (χ0) is 18.8. The van der Waals surface area contributed by atoms with Crippen LogP contribution in [-0.4, -0.2) is 36.2 Å². The van der Waals surface area contributed by atoms with Crippen molar-refractivity contribution in [3.05, 3.63) is 51.5 Å². The Bertz CT molecular complexity index is 854. The molecule has 0 spiro atoms. The highest BCUT2D eigenvalue weighted by Gasteiger charge is 2.36. The van der Waals surface area contributed by atoms with Crippen LogP contribution < -0.4 is 4.74 Å². The summed E-state index contributed by atoms with van der Waals surface area (Å²) in [5.74, 6) is -0.590. The number of benzene rings is 1. The number of ether oxygens (including phenoxy) is 3. The lowest BCUT2D eigenvalue weighted by molar-refractivity contribution is -0.149. The van der Waals surface area contributed by atoms with E-state index in [9.17, 15) is 14.0 Å². The van der Waals surface area contributed by atoms with Crippen LogP contribution in [-0.2, 0) is 27.5 Å². The maximum atomic E-state index is 13.8. The zero-order valence-electron chi connectivity index (χ0n) is 14.5. The molecular weight excluding hydrogens is 373 g/mol. The predicted octanol–water partition coefficient (Wildman–Crippen LogP) is 3.10. The molecule has 0 N–H and O–H groups in total. The van der Waals surface area contributed by atoms with Crippen molar-refractivity contribution in [3.8, 4) is 5.75 Å². The molecule has 0 bridgehead atoms. The minimum absolute atomic E-state index is 0.0747. The van der Waals surface area contributed by atoms with Gasteiger partial charge in [0.25, 0.3) is 5.91 Å². The van der Waals surface area contributed by atoms with Crippen LogP contribution in [0, 0.1) is 5.82 Å². The molecule has 1 aromatic heterocycles. The number of halogens is 1. The number of thiophene rings is 1. The molecule has 1 fully saturated rings. The molecule has 0 aliphatic carbocycles. The Hall–Kier alpha value is -2.45. The number of rotatable bonds is 4. The highest BCUT2D eigenvalue weighted by Crippen LogP contribution is 2.30. The molecule has 1 amide bonds. The zero-order valence-corrected chi connectivity index (χ0v) is 15.3. The van der Waals surface area contributed by atoms with Crippen molar-refractivity contribution < 1.29 is 28.2 Å². The number of likely N-dealkylation sites (tertiary alicyclic amines) is 1. The topological polar surface area (TPSA) is 65.1 Å². The summed E-state index contributed by atoms with van der Waals surface area (Å²) in [4.78, 5) is 27.3. The Morgan fingerprint density at radius 2 is 2.26 bits per heavy atom. The molecule has 1 aromatic carbocycles. The maximum Gasteiger partial charge on any atom is 0.329 e. The van der Waals surface area contributed by atoms with Gasteiger partial charge in [-0.05, 0) is 36.4 Å². The Morgan fingerprint density at radius 1 is 1.37 bits per heavy atom. The van der Waals surface area contributed by atoms with Crippen LogP contribution in [0.4, 0.5) is 4.39 Å². The van der Waals surface area contributed by atoms with Crippen molar-refractivity contribution in [1.29, 1.82) is 0 Å². The van der Waals surface area contributed by atoms with Gasteiger partial charge in [0.1, 0.15) is 24.2 Å². The van der Waals surface area contributed by atoms with Gasteiger partial charge in [-0.25, -0.2) is 9.18 Å². The van der Waals surface area contributed by atoms with Gasteiger partial charge in [0.15, 0.2) is 6.79 Å². The van der Waals surface area contributed by atoms with Crippen LogP contribution in [0.25, 0.3) is 0 Å². The molecule has 1 atom stereocenters. The van der Waals surface area contributed by atoms with Crippen LogP contribution in [0.3, 0.4) is 0 Å². The fourth-order valence-electron chi connectivity index (χ4n) is 3.41. The van der Waals surface area contributed by atoms with Crippen molar-refractivity contribution >= 4 is 23.2 Å². The molecule has 27 heavy (non-hydrogen) atoms. The van der Waals surface area contributed by atoms with E-state index in [0.717, 1.165) is 6.42 Å². The number of hydrogen-bond donors (Lipinski definition) is 0. The van der Waals surface area contributed by atoms with Crippen molar-refractivity contribution in [1.82, 2.24) is 4.90 Å². The van der Waals surface area contributed by atoms with Crippen LogP contribution in [0.1, 0.15) is 33.6 Å². The lowest BCUT2D eigenvalue weighted by Gasteiger charge is -2.24. The van der Waals surface area contributed by atoms with Gasteiger partial charge in [-0.2, -0.15) is 0 Å². The summed E-state index contributed by atoms with van der Waals surface area (Å²) >= 11 is 1.35. The molecule has 2 aliphatic heterocycles. The average Bonchev–Trinajstić information content (AvgIpc) is 3.36. The van der Waals surface area contributed by atoms with Gasteiger partial charge in [-0.15, -0.1) is 11.3 Å². The summed E-state index contributed by atoms with van der Waals surface area (Å²) in [5.41, 5.74) is 1.04. The molecule has 2 aromatic rings. The van der Waals surface area contributed by atoms with Crippen LogP contribution in [0.2, 0.25) is 0 Å². The van der Waals surface area contributed by atoms with Crippen molar-refractivity contribution in [2.75, 3.05) is 13.3 Å². The van der Waals surface area contributed by atoms with E-state index in [4.69, 9.17) is 14.2 Å². The number of carbonyl (C=O) groups excluding carboxylic acids is 2. The molecule has 3 heterocycles. The summed E-state index contributed by atoms with van der Waals surface area (Å²) in [6.07, 6.45) is 1.30. The minimum Gasteiger partial charge on any atom is -0.467 e. The van der Waals surface area contributed by atoms with Crippen LogP contribution in [0.5, 0.6) is 5.75 Å². The van der Waals surface area contributed by atoms with E-state index in [-0.39, 0.29) is 25.9 Å². The van der Waals surface area contributed by atoms with Crippen molar-refractivity contribution in [3.63, 3.8) is 0 Å². The Labute approximate surface area is 159 Å². The molecule has 142 valence electrons. The normalized spacial score (nSPS) is 18.7. The first kappa shape index (κ1) is 17.9. The second kappa shape index (κ2) is 7.66. The highest BCUT2D eigenvalue weighted by atomic mass is 32.1. The second-order valence-electron chi connectivity index (χ2n) is 6.41. The van der Waals surface area contributed by atoms with Crippen LogP contribution in [0.15, 0.2) is 29.6 Å². The summed E-state index contributed by atoms with van der Waals surface area (Å²) in [5, 5.41) is 1.83. The summed E-state index contributed by atoms with van der Waals surface area (Å²) in [6.45, 7) is 0.730. The summed E-state index contributed by atoms with van der Waals surface area (Å²) in [7, 11) is 0. The molecular formula is C19H18FNO5S. The van der Waals surface area contributed by atoms with Crippen LogP contribution >= 0.6 is 11.3 Å². The number of hydrogen-bond acceptors (Lipinski definition) is 6. The van der Waals surface area contributed by atoms with E-state index in [0.29, 0.717) is 34.7 Å². The van der Waals surface area contributed by atoms with E-state index < -0.39 is 17.8 Å². The standard InChI is InChI=1S/C19H18FNO5S/c20-14-7-12-9-24-11-26-17(12)13(8-14)10-25-19(23)15-3-1-5-21(15)18(22)16-4-2-6-27-16/h2,4,6-8,15H,1,3,5,9-11H2/t15-/m0/s1. The van der Waals surface area contributed by atoms with E-state index >= 15 is 0 Å². The molecule has 0 unspecified atom stereocenters. The van der Waals surface area contributed by atoms with Gasteiger partial charge in [0.2, 0.25) is 0 Å². The van der Waals surface area contributed by atoms with Crippen molar-refractivity contribution in [2.45, 2.75) is 32.1 Å². The summed E-state index contributed by atoms with van der Waals surface area (Å²) < 4.78 is 29.8. The summed E-state index contributed by atoms with van der Waals surface area (Å²) in [6, 6.07) is 5.57. The third kappa shape index (κ3) is 3.68. The molecule has 8 heteroatoms. The third-order valence-electron chi connectivity index (χ3n) is 4.64. The van der Waals surface area contributed by atoms with Gasteiger partial charge in [-0.1, -0.05) is 6.07 Å². The number of esters is 1. The second-order valence-corrected chi connectivity index (χ2v) is 7.35. The number of nitrogens with zero attached hydrogens (tertiary/aromatic N) is 1. The first-order chi connectivity index (χ1) is 13.1. The Balaban J connectivity index is 1.45. The largest absolute Gasteiger partial charge is 0.467 e. The minimum atomic E-state index is -0.617. The SMILES string of the molecule is O=C(OCc1cc(F)cc2c1OCOC2)[C@@H]1CCCN1C(=O)c1cccs1. The Morgan fingerprint density at radius 3 is 3.07 bits per heavy atom. The van der Waals surface area contributed by atoms with Gasteiger partial charge >= 0.3 is 5.97 Å². The number of carbonyl (C=O) groups is 2. The molecule has 1 saturated heterocycles. The quantitative estimate of drug-likeness (QED) is 0.750. The molecule has 4 rings (SSSR count). The fraction of sp³-hybridized carbons (Fsp3) is 0.368. The third-order valence-corrected chi connectivity index (χ3v) is 5.50. The molecule has 6 nitrogen and oxygen atoms in total. The monoisotopic (exact) mass is 391 g/mol. The average molecular weight is 391 g/mol. The lowest BCUT2D eigenvalue weighted by atomic mass is 10.1. The molecule has 2 aliphatic rings. The lowest BCUT2D eigenvalue weighted by Crippen LogP contribution is -2.41. The molecule has 0 saturated carbocycles. The maximum absolute atomic E-state index is 13.8. The smallest absolute Gasteiger partial charge is 0.329 e. The van der Waals surface area contributed by atoms with Gasteiger partial charge in [-0.3, -0.25) is 4.79 Å². The molecule has 0 radical (unpaired) electrons. The van der Waals surface area contributed by atoms with Crippen molar-refractivity contribution in [2.24, 2.45) is 0 Å².